The molecule has 0 fully saturated rings. The standard InChI is InChI=1S/C12H16FNO3/c1-12(2,3)10(14)7-4-6(11(16)17)5-8(13)9(7)15/h4-5,10,15H,14H2,1-3H3,(H,16,17)/t10-/m0/s1. The molecular formula is C12H16FNO3. The molecule has 94 valence electrons. The maximum Gasteiger partial charge on any atom is 0.335 e. The number of aromatic carboxylic acids is 1. The van der Waals surface area contributed by atoms with Crippen LogP contribution >= 0.6 is 0 Å². The minimum Gasteiger partial charge on any atom is -0.505 e. The van der Waals surface area contributed by atoms with Gasteiger partial charge in [0, 0.05) is 11.6 Å². The van der Waals surface area contributed by atoms with Crippen LogP contribution < -0.4 is 5.73 Å². The van der Waals surface area contributed by atoms with Crippen LogP contribution in [0.2, 0.25) is 0 Å². The van der Waals surface area contributed by atoms with Gasteiger partial charge in [-0.15, -0.1) is 0 Å². The van der Waals surface area contributed by atoms with Gasteiger partial charge in [-0.1, -0.05) is 20.8 Å². The summed E-state index contributed by atoms with van der Waals surface area (Å²) in [5.41, 5.74) is 5.36. The molecule has 0 aliphatic rings. The quantitative estimate of drug-likeness (QED) is 0.741. The van der Waals surface area contributed by atoms with Crippen LogP contribution in [0.5, 0.6) is 5.75 Å². The second kappa shape index (κ2) is 4.33. The Hall–Kier alpha value is -1.62. The highest BCUT2D eigenvalue weighted by Gasteiger charge is 2.27. The minimum absolute atomic E-state index is 0.106. The molecule has 5 heteroatoms. The average molecular weight is 241 g/mol. The molecule has 0 aliphatic heterocycles. The van der Waals surface area contributed by atoms with E-state index in [-0.39, 0.29) is 11.1 Å². The number of hydrogen-bond donors (Lipinski definition) is 3. The second-order valence-corrected chi connectivity index (χ2v) is 5.04. The summed E-state index contributed by atoms with van der Waals surface area (Å²) in [5, 5.41) is 18.4. The summed E-state index contributed by atoms with van der Waals surface area (Å²) in [5.74, 6) is -2.82. The molecule has 4 N–H and O–H groups in total. The molecule has 0 saturated heterocycles. The molecule has 0 radical (unpaired) electrons. The maximum absolute atomic E-state index is 13.4. The van der Waals surface area contributed by atoms with Gasteiger partial charge in [-0.2, -0.15) is 0 Å². The lowest BCUT2D eigenvalue weighted by Crippen LogP contribution is -2.26. The van der Waals surface area contributed by atoms with Crippen molar-refractivity contribution in [3.8, 4) is 5.75 Å². The van der Waals surface area contributed by atoms with Gasteiger partial charge in [0.05, 0.1) is 5.56 Å². The molecule has 0 heterocycles. The summed E-state index contributed by atoms with van der Waals surface area (Å²) in [7, 11) is 0. The number of halogens is 1. The number of carbonyl (C=O) groups is 1. The molecule has 0 bridgehead atoms. The van der Waals surface area contributed by atoms with Gasteiger partial charge >= 0.3 is 5.97 Å². The Morgan fingerprint density at radius 1 is 1.41 bits per heavy atom. The third-order valence-electron chi connectivity index (χ3n) is 2.61. The number of aromatic hydroxyl groups is 1. The first-order valence-corrected chi connectivity index (χ1v) is 5.16. The Morgan fingerprint density at radius 2 is 1.94 bits per heavy atom. The fourth-order valence-corrected chi connectivity index (χ4v) is 1.45. The van der Waals surface area contributed by atoms with E-state index in [0.29, 0.717) is 0 Å². The molecule has 0 saturated carbocycles. The van der Waals surface area contributed by atoms with Crippen molar-refractivity contribution >= 4 is 5.97 Å². The Kier molecular flexibility index (Phi) is 3.43. The summed E-state index contributed by atoms with van der Waals surface area (Å²) < 4.78 is 13.4. The van der Waals surface area contributed by atoms with E-state index in [2.05, 4.69) is 0 Å². The first-order chi connectivity index (χ1) is 7.64. The summed E-state index contributed by atoms with van der Waals surface area (Å²) in [6, 6.07) is 1.32. The molecule has 17 heavy (non-hydrogen) atoms. The van der Waals surface area contributed by atoms with Gasteiger partial charge in [-0.05, 0) is 17.5 Å². The number of phenolic OH excluding ortho intramolecular Hbond substituents is 1. The second-order valence-electron chi connectivity index (χ2n) is 5.04. The summed E-state index contributed by atoms with van der Waals surface area (Å²) in [6.45, 7) is 5.47. The van der Waals surface area contributed by atoms with Crippen LogP contribution in [0.1, 0.15) is 42.7 Å². The molecule has 0 aromatic heterocycles. The first-order valence-electron chi connectivity index (χ1n) is 5.16. The zero-order chi connectivity index (χ0) is 13.4. The topological polar surface area (TPSA) is 83.6 Å². The third-order valence-corrected chi connectivity index (χ3v) is 2.61. The van der Waals surface area contributed by atoms with Gasteiger partial charge in [-0.25, -0.2) is 9.18 Å². The number of nitrogens with two attached hydrogens (primary N) is 1. The van der Waals surface area contributed by atoms with E-state index in [0.717, 1.165) is 6.07 Å². The smallest absolute Gasteiger partial charge is 0.335 e. The maximum atomic E-state index is 13.4. The minimum atomic E-state index is -1.26. The van der Waals surface area contributed by atoms with Crippen LogP contribution in [-0.4, -0.2) is 16.2 Å². The molecule has 1 rings (SSSR count). The zero-order valence-corrected chi connectivity index (χ0v) is 9.99. The van der Waals surface area contributed by atoms with Gasteiger partial charge in [0.25, 0.3) is 0 Å². The number of rotatable bonds is 2. The highest BCUT2D eigenvalue weighted by molar-refractivity contribution is 5.88. The third kappa shape index (κ3) is 2.74. The largest absolute Gasteiger partial charge is 0.505 e. The van der Waals surface area contributed by atoms with E-state index < -0.39 is 29.0 Å². The van der Waals surface area contributed by atoms with Crippen molar-refractivity contribution in [3.05, 3.63) is 29.1 Å². The molecule has 1 aromatic carbocycles. The lowest BCUT2D eigenvalue weighted by Gasteiger charge is -2.28. The van der Waals surface area contributed by atoms with E-state index in [9.17, 15) is 14.3 Å². The number of phenols is 1. The Labute approximate surface area is 98.9 Å². The lowest BCUT2D eigenvalue weighted by atomic mass is 9.82. The number of hydrogen-bond acceptors (Lipinski definition) is 3. The monoisotopic (exact) mass is 241 g/mol. The highest BCUT2D eigenvalue weighted by atomic mass is 19.1. The number of carboxylic acids is 1. The van der Waals surface area contributed by atoms with E-state index in [4.69, 9.17) is 10.8 Å². The molecule has 0 spiro atoms. The molecule has 0 unspecified atom stereocenters. The van der Waals surface area contributed by atoms with Gasteiger partial charge in [0.15, 0.2) is 11.6 Å². The molecular weight excluding hydrogens is 225 g/mol. The summed E-state index contributed by atoms with van der Waals surface area (Å²) >= 11 is 0. The average Bonchev–Trinajstić information content (AvgIpc) is 2.19. The van der Waals surface area contributed by atoms with Crippen molar-refractivity contribution in [2.45, 2.75) is 26.8 Å². The van der Waals surface area contributed by atoms with Gasteiger partial charge < -0.3 is 15.9 Å². The molecule has 0 aliphatic carbocycles. The van der Waals surface area contributed by atoms with Crippen molar-refractivity contribution in [2.24, 2.45) is 11.1 Å². The van der Waals surface area contributed by atoms with Crippen molar-refractivity contribution < 1.29 is 19.4 Å². The molecule has 1 atom stereocenters. The van der Waals surface area contributed by atoms with E-state index in [1.54, 1.807) is 0 Å². The number of carboxylic acid groups (broad SMARTS) is 1. The molecule has 4 nitrogen and oxygen atoms in total. The molecule has 0 amide bonds. The predicted molar refractivity (Wildman–Crippen MR) is 61.4 cm³/mol. The van der Waals surface area contributed by atoms with Gasteiger partial charge in [0.2, 0.25) is 0 Å². The van der Waals surface area contributed by atoms with Crippen LogP contribution in [0, 0.1) is 11.2 Å². The first kappa shape index (κ1) is 13.4. The molecule has 1 aromatic rings. The lowest BCUT2D eigenvalue weighted by molar-refractivity contribution is 0.0696. The zero-order valence-electron chi connectivity index (χ0n) is 9.99. The van der Waals surface area contributed by atoms with Crippen molar-refractivity contribution in [2.75, 3.05) is 0 Å². The predicted octanol–water partition coefficient (Wildman–Crippen LogP) is 2.28. The normalized spacial score (nSPS) is 13.5. The number of benzene rings is 1. The van der Waals surface area contributed by atoms with E-state index in [1.165, 1.54) is 6.07 Å². The van der Waals surface area contributed by atoms with Crippen LogP contribution in [0.15, 0.2) is 12.1 Å². The fourth-order valence-electron chi connectivity index (χ4n) is 1.45. The SMILES string of the molecule is CC(C)(C)[C@@H](N)c1cc(C(=O)O)cc(F)c1O. The highest BCUT2D eigenvalue weighted by Crippen LogP contribution is 2.36. The fraction of sp³-hybridized carbons (Fsp3) is 0.417. The van der Waals surface area contributed by atoms with E-state index >= 15 is 0 Å². The summed E-state index contributed by atoms with van der Waals surface area (Å²) in [4.78, 5) is 10.8. The van der Waals surface area contributed by atoms with Crippen LogP contribution in [0.4, 0.5) is 4.39 Å². The Bertz CT molecular complexity index is 452. The van der Waals surface area contributed by atoms with Crippen molar-refractivity contribution in [3.63, 3.8) is 0 Å². The Balaban J connectivity index is 3.37. The van der Waals surface area contributed by atoms with E-state index in [1.807, 2.05) is 20.8 Å². The summed E-state index contributed by atoms with van der Waals surface area (Å²) in [6.07, 6.45) is 0. The van der Waals surface area contributed by atoms with Crippen LogP contribution in [0.25, 0.3) is 0 Å². The van der Waals surface area contributed by atoms with Crippen molar-refractivity contribution in [1.29, 1.82) is 0 Å². The van der Waals surface area contributed by atoms with Gasteiger partial charge in [-0.3, -0.25) is 0 Å². The Morgan fingerprint density at radius 3 is 2.35 bits per heavy atom. The van der Waals surface area contributed by atoms with Crippen LogP contribution in [0.3, 0.4) is 0 Å². The van der Waals surface area contributed by atoms with Gasteiger partial charge in [0.1, 0.15) is 0 Å². The van der Waals surface area contributed by atoms with Crippen molar-refractivity contribution in [1.82, 2.24) is 0 Å². The van der Waals surface area contributed by atoms with Crippen LogP contribution in [-0.2, 0) is 0 Å².